The Morgan fingerprint density at radius 1 is 1.20 bits per heavy atom. The zero-order valence-electron chi connectivity index (χ0n) is 12.4. The lowest BCUT2D eigenvalue weighted by Crippen LogP contribution is -2.13. The highest BCUT2D eigenvalue weighted by atomic mass is 16.1. The van der Waals surface area contributed by atoms with Gasteiger partial charge in [-0.1, -0.05) is 13.3 Å². The highest BCUT2D eigenvalue weighted by molar-refractivity contribution is 5.73. The Balaban J connectivity index is 2.59. The van der Waals surface area contributed by atoms with E-state index in [0.717, 1.165) is 56.0 Å². The highest BCUT2D eigenvalue weighted by Gasteiger charge is 2.09. The third-order valence-corrected chi connectivity index (χ3v) is 2.93. The van der Waals surface area contributed by atoms with Crippen LogP contribution in [0.25, 0.3) is 0 Å². The predicted molar refractivity (Wildman–Crippen MR) is 81.7 cm³/mol. The standard InChI is InChI=1S/C14H25N5O/c1-3-7-11-13(16-4-2)18-10-19-14(11)17-9-6-5-8-12(15)20/h10H,3-9H2,1-2H3,(H2,15,20)(H2,16,17,18,19). The van der Waals surface area contributed by atoms with Gasteiger partial charge in [-0.2, -0.15) is 0 Å². The molecule has 6 heteroatoms. The van der Waals surface area contributed by atoms with Crippen LogP contribution in [0, 0.1) is 0 Å². The van der Waals surface area contributed by atoms with Crippen molar-refractivity contribution in [1.29, 1.82) is 0 Å². The number of anilines is 2. The van der Waals surface area contributed by atoms with Gasteiger partial charge in [0, 0.05) is 25.1 Å². The van der Waals surface area contributed by atoms with Crippen LogP contribution in [-0.2, 0) is 11.2 Å². The summed E-state index contributed by atoms with van der Waals surface area (Å²) < 4.78 is 0. The van der Waals surface area contributed by atoms with Crippen LogP contribution in [0.15, 0.2) is 6.33 Å². The van der Waals surface area contributed by atoms with E-state index in [0.29, 0.717) is 6.42 Å². The number of amides is 1. The largest absolute Gasteiger partial charge is 0.370 e. The quantitative estimate of drug-likeness (QED) is 0.569. The Morgan fingerprint density at radius 3 is 2.50 bits per heavy atom. The summed E-state index contributed by atoms with van der Waals surface area (Å²) in [5.74, 6) is 1.55. The van der Waals surface area contributed by atoms with E-state index in [9.17, 15) is 4.79 Å². The minimum Gasteiger partial charge on any atom is -0.370 e. The number of hydrogen-bond acceptors (Lipinski definition) is 5. The number of carbonyl (C=O) groups is 1. The SMILES string of the molecule is CCCc1c(NCC)ncnc1NCCCCC(N)=O. The van der Waals surface area contributed by atoms with Gasteiger partial charge in [0.05, 0.1) is 0 Å². The van der Waals surface area contributed by atoms with Gasteiger partial charge in [-0.3, -0.25) is 4.79 Å². The minimum atomic E-state index is -0.242. The van der Waals surface area contributed by atoms with Crippen molar-refractivity contribution in [2.45, 2.75) is 46.0 Å². The van der Waals surface area contributed by atoms with Crippen LogP contribution in [0.2, 0.25) is 0 Å². The molecule has 1 aromatic rings. The van der Waals surface area contributed by atoms with Gasteiger partial charge in [-0.05, 0) is 26.2 Å². The van der Waals surface area contributed by atoms with Crippen LogP contribution < -0.4 is 16.4 Å². The molecule has 0 aliphatic carbocycles. The molecule has 1 rings (SSSR count). The molecule has 0 aliphatic heterocycles. The van der Waals surface area contributed by atoms with Crippen LogP contribution in [0.3, 0.4) is 0 Å². The molecule has 0 atom stereocenters. The second-order valence-corrected chi connectivity index (χ2v) is 4.68. The Kier molecular flexibility index (Phi) is 7.39. The minimum absolute atomic E-state index is 0.242. The van der Waals surface area contributed by atoms with E-state index in [1.54, 1.807) is 6.33 Å². The van der Waals surface area contributed by atoms with Crippen LogP contribution in [0.5, 0.6) is 0 Å². The maximum absolute atomic E-state index is 10.7. The lowest BCUT2D eigenvalue weighted by Gasteiger charge is -2.14. The van der Waals surface area contributed by atoms with Crippen LogP contribution in [0.1, 0.15) is 45.1 Å². The van der Waals surface area contributed by atoms with Crippen molar-refractivity contribution < 1.29 is 4.79 Å². The number of nitrogens with zero attached hydrogens (tertiary/aromatic N) is 2. The molecule has 0 unspecified atom stereocenters. The van der Waals surface area contributed by atoms with Crippen molar-refractivity contribution in [3.8, 4) is 0 Å². The third kappa shape index (κ3) is 5.42. The molecule has 0 radical (unpaired) electrons. The van der Waals surface area contributed by atoms with Gasteiger partial charge in [0.15, 0.2) is 0 Å². The summed E-state index contributed by atoms with van der Waals surface area (Å²) in [5, 5.41) is 6.59. The molecule has 1 aromatic heterocycles. The van der Waals surface area contributed by atoms with Crippen molar-refractivity contribution >= 4 is 17.5 Å². The summed E-state index contributed by atoms with van der Waals surface area (Å²) in [7, 11) is 0. The highest BCUT2D eigenvalue weighted by Crippen LogP contribution is 2.21. The normalized spacial score (nSPS) is 10.3. The van der Waals surface area contributed by atoms with E-state index in [1.165, 1.54) is 0 Å². The molecule has 0 aromatic carbocycles. The molecule has 112 valence electrons. The predicted octanol–water partition coefficient (Wildman–Crippen LogP) is 1.93. The average molecular weight is 279 g/mol. The van der Waals surface area contributed by atoms with E-state index < -0.39 is 0 Å². The number of unbranched alkanes of at least 4 members (excludes halogenated alkanes) is 1. The molecule has 0 spiro atoms. The fourth-order valence-corrected chi connectivity index (χ4v) is 2.00. The summed E-state index contributed by atoms with van der Waals surface area (Å²) in [4.78, 5) is 19.3. The van der Waals surface area contributed by atoms with Crippen LogP contribution in [0.4, 0.5) is 11.6 Å². The number of rotatable bonds is 10. The Morgan fingerprint density at radius 2 is 1.90 bits per heavy atom. The number of nitrogens with one attached hydrogen (secondary N) is 2. The molecule has 0 saturated carbocycles. The van der Waals surface area contributed by atoms with Gasteiger partial charge < -0.3 is 16.4 Å². The van der Waals surface area contributed by atoms with E-state index in [4.69, 9.17) is 5.73 Å². The van der Waals surface area contributed by atoms with Crippen molar-refractivity contribution in [1.82, 2.24) is 9.97 Å². The van der Waals surface area contributed by atoms with E-state index in [-0.39, 0.29) is 5.91 Å². The monoisotopic (exact) mass is 279 g/mol. The van der Waals surface area contributed by atoms with Gasteiger partial charge in [-0.15, -0.1) is 0 Å². The number of aromatic nitrogens is 2. The molecule has 1 heterocycles. The zero-order chi connectivity index (χ0) is 14.8. The first-order valence-electron chi connectivity index (χ1n) is 7.28. The van der Waals surface area contributed by atoms with E-state index >= 15 is 0 Å². The molecule has 0 aliphatic rings. The topological polar surface area (TPSA) is 92.9 Å². The van der Waals surface area contributed by atoms with Gasteiger partial charge in [0.2, 0.25) is 5.91 Å². The Bertz CT molecular complexity index is 422. The fraction of sp³-hybridized carbons (Fsp3) is 0.643. The Hall–Kier alpha value is -1.85. The fourth-order valence-electron chi connectivity index (χ4n) is 2.00. The summed E-state index contributed by atoms with van der Waals surface area (Å²) >= 11 is 0. The summed E-state index contributed by atoms with van der Waals surface area (Å²) in [6, 6.07) is 0. The molecule has 1 amide bonds. The average Bonchev–Trinajstić information content (AvgIpc) is 2.41. The molecular weight excluding hydrogens is 254 g/mol. The first-order valence-corrected chi connectivity index (χ1v) is 7.28. The van der Waals surface area contributed by atoms with Crippen molar-refractivity contribution in [2.24, 2.45) is 5.73 Å². The van der Waals surface area contributed by atoms with Gasteiger partial charge >= 0.3 is 0 Å². The second-order valence-electron chi connectivity index (χ2n) is 4.68. The van der Waals surface area contributed by atoms with Crippen molar-refractivity contribution in [3.63, 3.8) is 0 Å². The number of primary amides is 1. The Labute approximate surface area is 120 Å². The first-order chi connectivity index (χ1) is 9.69. The molecule has 0 fully saturated rings. The second kappa shape index (κ2) is 9.12. The molecule has 20 heavy (non-hydrogen) atoms. The van der Waals surface area contributed by atoms with E-state index in [1.807, 2.05) is 0 Å². The lowest BCUT2D eigenvalue weighted by molar-refractivity contribution is -0.118. The van der Waals surface area contributed by atoms with E-state index in [2.05, 4.69) is 34.4 Å². The number of nitrogens with two attached hydrogens (primary N) is 1. The molecule has 0 bridgehead atoms. The number of hydrogen-bond donors (Lipinski definition) is 3. The smallest absolute Gasteiger partial charge is 0.217 e. The van der Waals surface area contributed by atoms with Crippen LogP contribution in [-0.4, -0.2) is 29.0 Å². The lowest BCUT2D eigenvalue weighted by atomic mass is 10.1. The van der Waals surface area contributed by atoms with Gasteiger partial charge in [-0.25, -0.2) is 9.97 Å². The molecule has 4 N–H and O–H groups in total. The molecule has 6 nitrogen and oxygen atoms in total. The summed E-state index contributed by atoms with van der Waals surface area (Å²) in [6.07, 6.45) is 5.69. The first kappa shape index (κ1) is 16.2. The third-order valence-electron chi connectivity index (χ3n) is 2.93. The zero-order valence-corrected chi connectivity index (χ0v) is 12.4. The van der Waals surface area contributed by atoms with Crippen LogP contribution >= 0.6 is 0 Å². The number of carbonyl (C=O) groups excluding carboxylic acids is 1. The molecular formula is C14H25N5O. The van der Waals surface area contributed by atoms with Crippen molar-refractivity contribution in [3.05, 3.63) is 11.9 Å². The molecule has 0 saturated heterocycles. The maximum Gasteiger partial charge on any atom is 0.217 e. The van der Waals surface area contributed by atoms with Crippen molar-refractivity contribution in [2.75, 3.05) is 23.7 Å². The van der Waals surface area contributed by atoms with Gasteiger partial charge in [0.25, 0.3) is 0 Å². The van der Waals surface area contributed by atoms with Gasteiger partial charge in [0.1, 0.15) is 18.0 Å². The summed E-state index contributed by atoms with van der Waals surface area (Å²) in [5.41, 5.74) is 6.25. The summed E-state index contributed by atoms with van der Waals surface area (Å²) in [6.45, 7) is 5.81. The maximum atomic E-state index is 10.7.